The maximum absolute atomic E-state index is 7.19. The second-order valence-electron chi connectivity index (χ2n) is 20.8. The fourth-order valence-electron chi connectivity index (χ4n) is 13.1. The SMILES string of the molecule is CC1(C)c2cc(N(c3ccccc3)c3ccccc3)ccc2-c2cc3c4c(c21)N(c1ccccc1)c1c2c(cc5c1C(C)(C)c1cc(N(c6ccccc6)c6ccccc6)ccc1-5)Oc1cccc(c1B42)O3. The van der Waals surface area contributed by atoms with Gasteiger partial charge in [-0.05, 0) is 165 Å². The number of hydrogen-bond acceptors (Lipinski definition) is 5. The zero-order valence-electron chi connectivity index (χ0n) is 40.5. The highest BCUT2D eigenvalue weighted by Crippen LogP contribution is 2.62. The van der Waals surface area contributed by atoms with Gasteiger partial charge in [-0.1, -0.05) is 137 Å². The van der Waals surface area contributed by atoms with E-state index >= 15 is 0 Å². The van der Waals surface area contributed by atoms with E-state index in [-0.39, 0.29) is 6.71 Å². The molecule has 72 heavy (non-hydrogen) atoms. The molecule has 0 atom stereocenters. The highest BCUT2D eigenvalue weighted by molar-refractivity contribution is 7.00. The molecule has 6 heteroatoms. The van der Waals surface area contributed by atoms with Crippen molar-refractivity contribution in [1.29, 1.82) is 0 Å². The molecule has 0 bridgehead atoms. The van der Waals surface area contributed by atoms with Gasteiger partial charge in [0.05, 0.1) is 0 Å². The number of ether oxygens (including phenoxy) is 2. The van der Waals surface area contributed by atoms with Gasteiger partial charge in [-0.25, -0.2) is 0 Å². The van der Waals surface area contributed by atoms with Crippen LogP contribution in [0, 0.1) is 0 Å². The lowest BCUT2D eigenvalue weighted by atomic mass is 9.32. The smallest absolute Gasteiger partial charge is 0.266 e. The lowest BCUT2D eigenvalue weighted by Gasteiger charge is -2.46. The fourth-order valence-corrected chi connectivity index (χ4v) is 13.1. The lowest BCUT2D eigenvalue weighted by molar-refractivity contribution is 0.464. The summed E-state index contributed by atoms with van der Waals surface area (Å²) < 4.78 is 14.4. The Balaban J connectivity index is 0.985. The van der Waals surface area contributed by atoms with E-state index in [4.69, 9.17) is 9.47 Å². The lowest BCUT2D eigenvalue weighted by Crippen LogP contribution is -2.62. The van der Waals surface area contributed by atoms with E-state index in [2.05, 4.69) is 261 Å². The van der Waals surface area contributed by atoms with Gasteiger partial charge in [0.15, 0.2) is 0 Å². The van der Waals surface area contributed by atoms with Crippen molar-refractivity contribution in [3.05, 3.63) is 241 Å². The van der Waals surface area contributed by atoms with E-state index in [9.17, 15) is 0 Å². The molecular weight excluding hydrogens is 878 g/mol. The number of nitrogens with zero attached hydrogens (tertiary/aromatic N) is 3. The first kappa shape index (κ1) is 41.1. The number of hydrogen-bond donors (Lipinski definition) is 0. The molecule has 0 amide bonds. The van der Waals surface area contributed by atoms with Crippen molar-refractivity contribution < 1.29 is 9.47 Å². The van der Waals surface area contributed by atoms with E-state index in [1.54, 1.807) is 0 Å². The molecule has 0 aromatic heterocycles. The van der Waals surface area contributed by atoms with Crippen molar-refractivity contribution in [1.82, 2.24) is 0 Å². The molecule has 15 rings (SSSR count). The summed E-state index contributed by atoms with van der Waals surface area (Å²) in [6.45, 7) is 9.60. The summed E-state index contributed by atoms with van der Waals surface area (Å²) in [5, 5.41) is 0. The Morgan fingerprint density at radius 3 is 1.11 bits per heavy atom. The first-order valence-corrected chi connectivity index (χ1v) is 25.1. The third kappa shape index (κ3) is 5.60. The van der Waals surface area contributed by atoms with Crippen molar-refractivity contribution in [3.8, 4) is 45.3 Å². The Morgan fingerprint density at radius 2 is 0.722 bits per heavy atom. The zero-order chi connectivity index (χ0) is 48.0. The third-order valence-electron chi connectivity index (χ3n) is 16.2. The summed E-state index contributed by atoms with van der Waals surface area (Å²) in [7, 11) is 0. The van der Waals surface area contributed by atoms with E-state index in [1.165, 1.54) is 66.8 Å². The van der Waals surface area contributed by atoms with Crippen LogP contribution in [-0.2, 0) is 10.8 Å². The first-order chi connectivity index (χ1) is 35.3. The van der Waals surface area contributed by atoms with Crippen LogP contribution in [0.15, 0.2) is 218 Å². The molecular formula is C66H48BN3O2. The summed E-state index contributed by atoms with van der Waals surface area (Å²) in [5.41, 5.74) is 22.9. The van der Waals surface area contributed by atoms with Crippen LogP contribution in [0.4, 0.5) is 51.2 Å². The van der Waals surface area contributed by atoms with Gasteiger partial charge < -0.3 is 24.2 Å². The zero-order valence-corrected chi connectivity index (χ0v) is 40.5. The van der Waals surface area contributed by atoms with Gasteiger partial charge in [0.25, 0.3) is 6.71 Å². The average Bonchev–Trinajstić information content (AvgIpc) is 3.78. The molecule has 2 aliphatic carbocycles. The van der Waals surface area contributed by atoms with Gasteiger partial charge in [0.2, 0.25) is 0 Å². The molecule has 0 unspecified atom stereocenters. The molecule has 5 aliphatic rings. The molecule has 342 valence electrons. The molecule has 0 saturated heterocycles. The summed E-state index contributed by atoms with van der Waals surface area (Å²) in [6.07, 6.45) is 0. The number of para-hydroxylation sites is 5. The van der Waals surface area contributed by atoms with Gasteiger partial charge in [-0.3, -0.25) is 0 Å². The van der Waals surface area contributed by atoms with Crippen LogP contribution in [0.2, 0.25) is 0 Å². The van der Waals surface area contributed by atoms with Crippen LogP contribution >= 0.6 is 0 Å². The minimum Gasteiger partial charge on any atom is -0.458 e. The molecule has 0 N–H and O–H groups in total. The molecule has 0 saturated carbocycles. The summed E-state index contributed by atoms with van der Waals surface area (Å²) in [6, 6.07) is 79.1. The van der Waals surface area contributed by atoms with Gasteiger partial charge in [-0.2, -0.15) is 0 Å². The Labute approximate surface area is 420 Å². The summed E-state index contributed by atoms with van der Waals surface area (Å²) >= 11 is 0. The van der Waals surface area contributed by atoms with Crippen molar-refractivity contribution in [3.63, 3.8) is 0 Å². The quantitative estimate of drug-likeness (QED) is 0.149. The van der Waals surface area contributed by atoms with Crippen LogP contribution < -0.4 is 40.6 Å². The summed E-state index contributed by atoms with van der Waals surface area (Å²) in [4.78, 5) is 7.36. The van der Waals surface area contributed by atoms with Crippen LogP contribution in [0.3, 0.4) is 0 Å². The van der Waals surface area contributed by atoms with Crippen molar-refractivity contribution in [2.45, 2.75) is 38.5 Å². The highest BCUT2D eigenvalue weighted by atomic mass is 16.5. The first-order valence-electron chi connectivity index (χ1n) is 25.1. The largest absolute Gasteiger partial charge is 0.458 e. The normalized spacial score (nSPS) is 14.8. The molecule has 3 heterocycles. The number of anilines is 9. The third-order valence-corrected chi connectivity index (χ3v) is 16.2. The van der Waals surface area contributed by atoms with Crippen LogP contribution in [0.1, 0.15) is 49.9 Å². The second kappa shape index (κ2) is 14.9. The molecule has 10 aromatic rings. The second-order valence-corrected chi connectivity index (χ2v) is 20.8. The van der Waals surface area contributed by atoms with Crippen LogP contribution in [-0.4, -0.2) is 6.71 Å². The Bertz CT molecular complexity index is 3570. The van der Waals surface area contributed by atoms with Crippen molar-refractivity contribution in [2.75, 3.05) is 14.7 Å². The predicted molar refractivity (Wildman–Crippen MR) is 297 cm³/mol. The van der Waals surface area contributed by atoms with Gasteiger partial charge in [-0.15, -0.1) is 0 Å². The standard InChI is InChI=1S/C66H48BN3O2/c1-65(2)52-37-46(68(41-21-10-5-11-22-41)42-23-12-6-13-24-42)33-35-48(52)50-39-56-61-63(58(50)65)70(45-29-18-9-19-30-45)64-59-51(40-57-62(64)67(61)60-54(71-56)31-20-32-55(60)72-57)49-36-34-47(38-53(49)66(59,3)4)69(43-25-14-7-15-26-43)44-27-16-8-17-28-44/h5-40H,1-4H3. The molecule has 5 nitrogen and oxygen atoms in total. The topological polar surface area (TPSA) is 28.2 Å². The van der Waals surface area contributed by atoms with Crippen LogP contribution in [0.25, 0.3) is 22.3 Å². The van der Waals surface area contributed by atoms with Gasteiger partial charge in [0.1, 0.15) is 23.0 Å². The Hall–Kier alpha value is -8.74. The van der Waals surface area contributed by atoms with E-state index in [0.717, 1.165) is 68.3 Å². The van der Waals surface area contributed by atoms with Gasteiger partial charge >= 0.3 is 0 Å². The van der Waals surface area contributed by atoms with Crippen molar-refractivity contribution >= 4 is 74.3 Å². The Morgan fingerprint density at radius 1 is 0.347 bits per heavy atom. The summed E-state index contributed by atoms with van der Waals surface area (Å²) in [5.74, 6) is 3.50. The van der Waals surface area contributed by atoms with E-state index in [1.807, 2.05) is 0 Å². The predicted octanol–water partition coefficient (Wildman–Crippen LogP) is 15.7. The highest BCUT2D eigenvalue weighted by Gasteiger charge is 2.54. The minimum atomic E-state index is -0.425. The monoisotopic (exact) mass is 925 g/mol. The number of rotatable bonds is 7. The fraction of sp³-hybridized carbons (Fsp3) is 0.0909. The maximum atomic E-state index is 7.19. The molecule has 0 fully saturated rings. The van der Waals surface area contributed by atoms with E-state index < -0.39 is 10.8 Å². The molecule has 10 aromatic carbocycles. The van der Waals surface area contributed by atoms with E-state index in [0.29, 0.717) is 0 Å². The Kier molecular flexibility index (Phi) is 8.50. The average molecular weight is 926 g/mol. The molecule has 3 aliphatic heterocycles. The van der Waals surface area contributed by atoms with Crippen LogP contribution in [0.5, 0.6) is 23.0 Å². The maximum Gasteiger partial charge on any atom is 0.266 e. The molecule has 0 spiro atoms. The van der Waals surface area contributed by atoms with Crippen molar-refractivity contribution in [2.24, 2.45) is 0 Å². The number of fused-ring (bicyclic) bond motifs is 8. The number of benzene rings is 10. The minimum absolute atomic E-state index is 0.118. The van der Waals surface area contributed by atoms with Gasteiger partial charge in [0, 0.05) is 67.5 Å². The molecule has 0 radical (unpaired) electrons.